The fourth-order valence-electron chi connectivity index (χ4n) is 3.70. The number of pyridine rings is 1. The van der Waals surface area contributed by atoms with Crippen LogP contribution in [0.4, 0.5) is 17.2 Å². The Bertz CT molecular complexity index is 1000. The van der Waals surface area contributed by atoms with Gasteiger partial charge in [0.25, 0.3) is 0 Å². The minimum Gasteiger partial charge on any atom is -0.295 e. The molecule has 0 N–H and O–H groups in total. The molecule has 0 fully saturated rings. The Morgan fingerprint density at radius 2 is 1.34 bits per heavy atom. The summed E-state index contributed by atoms with van der Waals surface area (Å²) in [6.07, 6.45) is 5.08. The average Bonchev–Trinajstić information content (AvgIpc) is 2.76. The Morgan fingerprint density at radius 3 is 2.10 bits per heavy atom. The van der Waals surface area contributed by atoms with Crippen molar-refractivity contribution in [1.29, 1.82) is 0 Å². The molecule has 2 nitrogen and oxygen atoms in total. The van der Waals surface area contributed by atoms with E-state index >= 15 is 0 Å². The van der Waals surface area contributed by atoms with Crippen molar-refractivity contribution in [2.75, 3.05) is 4.90 Å². The molecular formula is C27H26N2. The highest BCUT2D eigenvalue weighted by Gasteiger charge is 2.13. The van der Waals surface area contributed by atoms with Gasteiger partial charge in [-0.05, 0) is 65.9 Å². The highest BCUT2D eigenvalue weighted by atomic mass is 15.2. The number of para-hydroxylation sites is 1. The SMILES string of the molecule is CCCc1cccc(Cc2cccc(N(c3ccccc3)c3ccccn3)c2)c1. The third-order valence-corrected chi connectivity index (χ3v) is 5.00. The van der Waals surface area contributed by atoms with Gasteiger partial charge in [0.15, 0.2) is 0 Å². The van der Waals surface area contributed by atoms with Crippen LogP contribution < -0.4 is 4.90 Å². The summed E-state index contributed by atoms with van der Waals surface area (Å²) in [6.45, 7) is 2.23. The smallest absolute Gasteiger partial charge is 0.137 e. The van der Waals surface area contributed by atoms with Crippen LogP contribution in [0.5, 0.6) is 0 Å². The van der Waals surface area contributed by atoms with Crippen LogP contribution in [0.1, 0.15) is 30.0 Å². The quantitative estimate of drug-likeness (QED) is 0.341. The van der Waals surface area contributed by atoms with Crippen molar-refractivity contribution in [2.24, 2.45) is 0 Å². The predicted molar refractivity (Wildman–Crippen MR) is 122 cm³/mol. The van der Waals surface area contributed by atoms with E-state index in [4.69, 9.17) is 0 Å². The number of benzene rings is 3. The first-order chi connectivity index (χ1) is 14.3. The Morgan fingerprint density at radius 1 is 0.655 bits per heavy atom. The number of anilines is 3. The number of aryl methyl sites for hydroxylation is 1. The van der Waals surface area contributed by atoms with Crippen molar-refractivity contribution in [1.82, 2.24) is 4.98 Å². The molecule has 0 unspecified atom stereocenters. The zero-order valence-electron chi connectivity index (χ0n) is 16.8. The lowest BCUT2D eigenvalue weighted by Crippen LogP contribution is -2.11. The summed E-state index contributed by atoms with van der Waals surface area (Å²) in [5.41, 5.74) is 6.30. The van der Waals surface area contributed by atoms with E-state index in [0.717, 1.165) is 30.0 Å². The van der Waals surface area contributed by atoms with Crippen molar-refractivity contribution < 1.29 is 0 Å². The van der Waals surface area contributed by atoms with E-state index in [1.54, 1.807) is 0 Å². The van der Waals surface area contributed by atoms with E-state index in [2.05, 4.69) is 89.6 Å². The predicted octanol–water partition coefficient (Wildman–Crippen LogP) is 7.09. The Kier molecular flexibility index (Phi) is 6.01. The maximum absolute atomic E-state index is 4.60. The standard InChI is InChI=1S/C27H26N2/c1-2-10-22-11-8-12-23(19-22)20-24-13-9-16-26(21-24)29(25-14-4-3-5-15-25)27-17-6-7-18-28-27/h3-9,11-19,21H,2,10,20H2,1H3. The van der Waals surface area contributed by atoms with Crippen LogP contribution in [0, 0.1) is 0 Å². The van der Waals surface area contributed by atoms with Gasteiger partial charge < -0.3 is 0 Å². The summed E-state index contributed by atoms with van der Waals surface area (Å²) in [7, 11) is 0. The van der Waals surface area contributed by atoms with Gasteiger partial charge in [0, 0.05) is 17.6 Å². The van der Waals surface area contributed by atoms with Crippen molar-refractivity contribution >= 4 is 17.2 Å². The first-order valence-electron chi connectivity index (χ1n) is 10.3. The maximum atomic E-state index is 4.60. The number of hydrogen-bond acceptors (Lipinski definition) is 2. The Labute approximate surface area is 173 Å². The van der Waals surface area contributed by atoms with Gasteiger partial charge in [0.05, 0.1) is 0 Å². The molecule has 0 aliphatic carbocycles. The largest absolute Gasteiger partial charge is 0.295 e. The molecule has 0 bridgehead atoms. The first kappa shape index (κ1) is 18.9. The second-order valence-electron chi connectivity index (χ2n) is 7.28. The van der Waals surface area contributed by atoms with E-state index in [1.165, 1.54) is 23.1 Å². The number of aromatic nitrogens is 1. The fourth-order valence-corrected chi connectivity index (χ4v) is 3.70. The molecule has 1 heterocycles. The molecule has 0 radical (unpaired) electrons. The third kappa shape index (κ3) is 4.72. The molecule has 0 saturated carbocycles. The molecule has 1 aromatic heterocycles. The number of rotatable bonds is 7. The molecule has 0 spiro atoms. The van der Waals surface area contributed by atoms with Gasteiger partial charge in [0.1, 0.15) is 5.82 Å². The van der Waals surface area contributed by atoms with Crippen molar-refractivity contribution in [3.05, 3.63) is 120 Å². The zero-order valence-corrected chi connectivity index (χ0v) is 16.8. The molecule has 4 rings (SSSR count). The van der Waals surface area contributed by atoms with E-state index < -0.39 is 0 Å². The molecule has 0 atom stereocenters. The number of hydrogen-bond donors (Lipinski definition) is 0. The molecular weight excluding hydrogens is 352 g/mol. The van der Waals surface area contributed by atoms with Gasteiger partial charge in [-0.2, -0.15) is 0 Å². The number of nitrogens with zero attached hydrogens (tertiary/aromatic N) is 2. The molecule has 144 valence electrons. The topological polar surface area (TPSA) is 16.1 Å². The van der Waals surface area contributed by atoms with Crippen LogP contribution in [-0.4, -0.2) is 4.98 Å². The second kappa shape index (κ2) is 9.20. The van der Waals surface area contributed by atoms with Gasteiger partial charge in [-0.15, -0.1) is 0 Å². The van der Waals surface area contributed by atoms with Crippen LogP contribution in [0.2, 0.25) is 0 Å². The van der Waals surface area contributed by atoms with E-state index in [-0.39, 0.29) is 0 Å². The third-order valence-electron chi connectivity index (χ3n) is 5.00. The summed E-state index contributed by atoms with van der Waals surface area (Å²) in [6, 6.07) is 34.2. The van der Waals surface area contributed by atoms with E-state index in [9.17, 15) is 0 Å². The highest BCUT2D eigenvalue weighted by molar-refractivity contribution is 5.74. The molecule has 29 heavy (non-hydrogen) atoms. The van der Waals surface area contributed by atoms with Gasteiger partial charge in [-0.3, -0.25) is 4.90 Å². The highest BCUT2D eigenvalue weighted by Crippen LogP contribution is 2.33. The molecule has 0 aliphatic rings. The van der Waals surface area contributed by atoms with Gasteiger partial charge in [-0.25, -0.2) is 4.98 Å². The minimum absolute atomic E-state index is 0.917. The van der Waals surface area contributed by atoms with Crippen molar-refractivity contribution in [3.8, 4) is 0 Å². The van der Waals surface area contributed by atoms with Crippen molar-refractivity contribution in [2.45, 2.75) is 26.2 Å². The fraction of sp³-hybridized carbons (Fsp3) is 0.148. The lowest BCUT2D eigenvalue weighted by Gasteiger charge is -2.24. The van der Waals surface area contributed by atoms with Crippen LogP contribution in [-0.2, 0) is 12.8 Å². The molecule has 3 aromatic carbocycles. The van der Waals surface area contributed by atoms with E-state index in [1.807, 2.05) is 30.5 Å². The molecule has 4 aromatic rings. The second-order valence-corrected chi connectivity index (χ2v) is 7.28. The first-order valence-corrected chi connectivity index (χ1v) is 10.3. The van der Waals surface area contributed by atoms with Crippen LogP contribution in [0.25, 0.3) is 0 Å². The Balaban J connectivity index is 1.68. The molecule has 0 saturated heterocycles. The van der Waals surface area contributed by atoms with Gasteiger partial charge in [-0.1, -0.05) is 74.0 Å². The Hall–Kier alpha value is -3.39. The zero-order chi connectivity index (χ0) is 19.9. The molecule has 0 aliphatic heterocycles. The summed E-state index contributed by atoms with van der Waals surface area (Å²) >= 11 is 0. The normalized spacial score (nSPS) is 10.7. The van der Waals surface area contributed by atoms with Crippen LogP contribution in [0.3, 0.4) is 0 Å². The molecule has 0 amide bonds. The van der Waals surface area contributed by atoms with Gasteiger partial charge >= 0.3 is 0 Å². The summed E-state index contributed by atoms with van der Waals surface area (Å²) < 4.78 is 0. The lowest BCUT2D eigenvalue weighted by atomic mass is 10.0. The van der Waals surface area contributed by atoms with Crippen molar-refractivity contribution in [3.63, 3.8) is 0 Å². The average molecular weight is 379 g/mol. The van der Waals surface area contributed by atoms with E-state index in [0.29, 0.717) is 0 Å². The lowest BCUT2D eigenvalue weighted by molar-refractivity contribution is 0.918. The summed E-state index contributed by atoms with van der Waals surface area (Å²) in [5.74, 6) is 0.917. The minimum atomic E-state index is 0.917. The van der Waals surface area contributed by atoms with Crippen LogP contribution in [0.15, 0.2) is 103 Å². The molecule has 2 heteroatoms. The van der Waals surface area contributed by atoms with Gasteiger partial charge in [0.2, 0.25) is 0 Å². The summed E-state index contributed by atoms with van der Waals surface area (Å²) in [4.78, 5) is 6.81. The maximum Gasteiger partial charge on any atom is 0.137 e. The summed E-state index contributed by atoms with van der Waals surface area (Å²) in [5, 5.41) is 0. The monoisotopic (exact) mass is 378 g/mol. The van der Waals surface area contributed by atoms with Crippen LogP contribution >= 0.6 is 0 Å².